The number of rotatable bonds is 2. The molecule has 46 heavy (non-hydrogen) atoms. The van der Waals surface area contributed by atoms with Crippen LogP contribution < -0.4 is 17.0 Å². The number of aromatic nitrogens is 8. The van der Waals surface area contributed by atoms with Gasteiger partial charge in [-0.2, -0.15) is 4.98 Å². The third-order valence-corrected chi connectivity index (χ3v) is 12.2. The van der Waals surface area contributed by atoms with Gasteiger partial charge in [0, 0.05) is 15.4 Å². The van der Waals surface area contributed by atoms with Gasteiger partial charge in [-0.15, -0.1) is 9.05 Å². The number of imidazole rings is 2. The van der Waals surface area contributed by atoms with Crippen LogP contribution in [0.4, 0.5) is 11.8 Å². The van der Waals surface area contributed by atoms with Gasteiger partial charge in [-0.3, -0.25) is 18.8 Å². The summed E-state index contributed by atoms with van der Waals surface area (Å²) < 4.78 is 52.8. The highest BCUT2D eigenvalue weighted by molar-refractivity contribution is 7.47. The van der Waals surface area contributed by atoms with Gasteiger partial charge in [-0.25, -0.2) is 24.5 Å². The van der Waals surface area contributed by atoms with Crippen LogP contribution in [0.5, 0.6) is 0 Å². The van der Waals surface area contributed by atoms with Crippen LogP contribution in [0.25, 0.3) is 22.3 Å². The molecule has 2 bridgehead atoms. The average molecular weight is 677 g/mol. The second-order valence-electron chi connectivity index (χ2n) is 12.7. The molecule has 4 aromatic rings. The van der Waals surface area contributed by atoms with Gasteiger partial charge in [-0.1, -0.05) is 0 Å². The maximum absolute atomic E-state index is 13.6. The molecule has 12 atom stereocenters. The summed E-state index contributed by atoms with van der Waals surface area (Å²) in [5.41, 5.74) is 9.82. The zero-order chi connectivity index (χ0) is 31.9. The number of phosphoric ester groups is 1. The van der Waals surface area contributed by atoms with Crippen LogP contribution in [0.1, 0.15) is 24.9 Å². The second-order valence-corrected chi connectivity index (χ2v) is 15.0. The molecule has 1 saturated heterocycles. The number of nitrogens with one attached hydrogen (secondary N) is 1. The molecule has 5 aliphatic rings. The van der Waals surface area contributed by atoms with Crippen molar-refractivity contribution in [1.29, 1.82) is 0 Å². The number of nitrogens with zero attached hydrogens (tertiary/aromatic N) is 7. The van der Waals surface area contributed by atoms with Crippen molar-refractivity contribution in [2.75, 3.05) is 24.7 Å². The summed E-state index contributed by atoms with van der Waals surface area (Å²) in [5.74, 6) is -0.815. The molecule has 0 amide bonds. The molecule has 242 valence electrons. The number of phosphoric acid groups is 1. The third kappa shape index (κ3) is 3.84. The number of anilines is 2. The number of hydrogen-bond acceptors (Lipinski definition) is 16. The van der Waals surface area contributed by atoms with Crippen LogP contribution in [0.3, 0.4) is 0 Å². The maximum Gasteiger partial charge on any atom is 0.697 e. The highest BCUT2D eigenvalue weighted by atomic mass is 31.2. The van der Waals surface area contributed by atoms with Gasteiger partial charge in [0.2, 0.25) is 5.95 Å². The Morgan fingerprint density at radius 2 is 1.72 bits per heavy atom. The largest absolute Gasteiger partial charge is 0.697 e. The second kappa shape index (κ2) is 9.33. The molecule has 4 saturated carbocycles. The summed E-state index contributed by atoms with van der Waals surface area (Å²) in [6.45, 7) is -0.672. The monoisotopic (exact) mass is 677 g/mol. The van der Waals surface area contributed by atoms with E-state index in [2.05, 4.69) is 29.9 Å². The number of aliphatic hydroxyl groups excluding tert-OH is 2. The molecule has 9 rings (SSSR count). The van der Waals surface area contributed by atoms with Crippen molar-refractivity contribution in [3.8, 4) is 0 Å². The third-order valence-electron chi connectivity index (χ3n) is 10.5. The summed E-state index contributed by atoms with van der Waals surface area (Å²) >= 11 is 0. The number of hydrogen-bond donors (Lipinski definition) is 6. The van der Waals surface area contributed by atoms with E-state index in [4.69, 9.17) is 29.6 Å². The van der Waals surface area contributed by atoms with Gasteiger partial charge in [0.25, 0.3) is 5.56 Å². The molecule has 1 aliphatic heterocycles. The highest BCUT2D eigenvalue weighted by Crippen LogP contribution is 2.73. The Kier molecular flexibility index (Phi) is 5.83. The number of aromatic amines is 1. The predicted octanol–water partition coefficient (Wildman–Crippen LogP) is -0.457. The molecule has 5 fully saturated rings. The molecule has 4 aliphatic carbocycles. The lowest BCUT2D eigenvalue weighted by atomic mass is 10.0. The molecule has 5 heterocycles. The predicted molar refractivity (Wildman–Crippen MR) is 153 cm³/mol. The van der Waals surface area contributed by atoms with Gasteiger partial charge in [0.05, 0.1) is 37.4 Å². The Morgan fingerprint density at radius 1 is 1.00 bits per heavy atom. The van der Waals surface area contributed by atoms with E-state index in [-0.39, 0.29) is 35.5 Å². The van der Waals surface area contributed by atoms with Crippen molar-refractivity contribution in [3.63, 3.8) is 0 Å². The Hall–Kier alpha value is -3.45. The Labute approximate surface area is 257 Å². The minimum atomic E-state index is -4.90. The molecule has 22 heteroatoms. The van der Waals surface area contributed by atoms with E-state index < -0.39 is 81.5 Å². The Balaban J connectivity index is 1.07. The SMILES string of the molecule is Nc1nc2c(ncn2[C@H]2[C@@H]3OP(=O)(O)OCC45C[C@@H]4[C@@H](n4cnc6c(N)ncnc64)[C@H](O)[C@@H]5O[P+](=O)OCC4(C[C@H]24)[C@H]3O)c(=O)[nH]1. The van der Waals surface area contributed by atoms with Crippen molar-refractivity contribution in [2.45, 2.75) is 49.3 Å². The molecular formula is C24H27N10O10P2+. The van der Waals surface area contributed by atoms with Gasteiger partial charge in [0.15, 0.2) is 28.7 Å². The molecule has 20 nitrogen and oxygen atoms in total. The maximum atomic E-state index is 13.6. The average Bonchev–Trinajstić information content (AvgIpc) is 3.71. The molecule has 2 spiro atoms. The lowest BCUT2D eigenvalue weighted by molar-refractivity contribution is -0.0321. The molecule has 0 radical (unpaired) electrons. The van der Waals surface area contributed by atoms with E-state index in [9.17, 15) is 29.0 Å². The summed E-state index contributed by atoms with van der Waals surface area (Å²) in [4.78, 5) is 46.7. The van der Waals surface area contributed by atoms with Gasteiger partial charge in [-0.05, 0) is 24.7 Å². The lowest BCUT2D eigenvalue weighted by Crippen LogP contribution is -2.37. The van der Waals surface area contributed by atoms with Crippen LogP contribution in [-0.2, 0) is 27.2 Å². The molecule has 8 N–H and O–H groups in total. The van der Waals surface area contributed by atoms with E-state index in [1.54, 1.807) is 4.57 Å². The van der Waals surface area contributed by atoms with Gasteiger partial charge >= 0.3 is 16.1 Å². The van der Waals surface area contributed by atoms with E-state index in [1.165, 1.54) is 23.5 Å². The van der Waals surface area contributed by atoms with Crippen LogP contribution in [-0.4, -0.2) is 91.8 Å². The van der Waals surface area contributed by atoms with Crippen LogP contribution in [0.15, 0.2) is 23.8 Å². The molecule has 4 unspecified atom stereocenters. The highest BCUT2D eigenvalue weighted by Gasteiger charge is 2.77. The first kappa shape index (κ1) is 28.7. The standard InChI is InChI=1S/C24H26N10O10P2/c25-18-10-19(28-5-27-18)33(6-29-10)12-8-2-24(8)4-42-46(39,40)44-15-13(34-7-30-11-20(34)31-22(26)32-21(11)37)9-1-23(9,16(15)36)3-41-45(38)43-17(24)14(12)35/h5-9,12-17,35-36H,1-4H2,(H5-,25,26,27,28,31,32,37,39,40)/p+1/t8-,9-,12-,13-,14+,15+,16+,17+,23?,24?/m1/s1. The number of fused-ring (bicyclic) bond motifs is 3. The lowest BCUT2D eigenvalue weighted by Gasteiger charge is -2.29. The summed E-state index contributed by atoms with van der Waals surface area (Å²) in [6.07, 6.45) is -0.331. The summed E-state index contributed by atoms with van der Waals surface area (Å²) in [6, 6.07) is -1.53. The minimum Gasteiger partial charge on any atom is -0.390 e. The minimum absolute atomic E-state index is 0.0229. The normalized spacial score (nSPS) is 42.5. The first-order valence-corrected chi connectivity index (χ1v) is 17.0. The van der Waals surface area contributed by atoms with Crippen LogP contribution in [0.2, 0.25) is 0 Å². The number of H-pyrrole nitrogens is 1. The summed E-state index contributed by atoms with van der Waals surface area (Å²) in [7, 11) is -7.75. The topological polar surface area (TPSA) is 291 Å². The zero-order valence-electron chi connectivity index (χ0n) is 23.6. The first-order valence-electron chi connectivity index (χ1n) is 14.4. The van der Waals surface area contributed by atoms with Crippen molar-refractivity contribution in [2.24, 2.45) is 22.7 Å². The van der Waals surface area contributed by atoms with Gasteiger partial charge in [0.1, 0.15) is 30.7 Å². The van der Waals surface area contributed by atoms with Crippen LogP contribution in [0, 0.1) is 22.7 Å². The summed E-state index contributed by atoms with van der Waals surface area (Å²) in [5, 5.41) is 23.0. The van der Waals surface area contributed by atoms with E-state index in [0.29, 0.717) is 24.0 Å². The van der Waals surface area contributed by atoms with E-state index in [0.717, 1.165) is 0 Å². The van der Waals surface area contributed by atoms with E-state index in [1.807, 2.05) is 0 Å². The Bertz CT molecular complexity index is 2070. The van der Waals surface area contributed by atoms with Crippen molar-refractivity contribution in [1.82, 2.24) is 39.0 Å². The fourth-order valence-corrected chi connectivity index (χ4v) is 10.2. The number of nitrogen functional groups attached to an aromatic ring is 2. The van der Waals surface area contributed by atoms with Crippen molar-refractivity contribution < 1.29 is 42.3 Å². The quantitative estimate of drug-likeness (QED) is 0.146. The van der Waals surface area contributed by atoms with Crippen molar-refractivity contribution >= 4 is 50.2 Å². The Morgan fingerprint density at radius 3 is 2.52 bits per heavy atom. The number of aliphatic hydroxyl groups is 2. The van der Waals surface area contributed by atoms with Crippen LogP contribution >= 0.6 is 16.1 Å². The molecule has 4 aromatic heterocycles. The van der Waals surface area contributed by atoms with Crippen molar-refractivity contribution in [3.05, 3.63) is 29.3 Å². The zero-order valence-corrected chi connectivity index (χ0v) is 25.3. The smallest absolute Gasteiger partial charge is 0.390 e. The molecular weight excluding hydrogens is 650 g/mol. The van der Waals surface area contributed by atoms with E-state index >= 15 is 0 Å². The number of nitrogens with two attached hydrogens (primary N) is 2. The fraction of sp³-hybridized carbons (Fsp3) is 0.583. The fourth-order valence-electron chi connectivity index (χ4n) is 8.22. The molecule has 0 aromatic carbocycles. The first-order chi connectivity index (χ1) is 21.9. The van der Waals surface area contributed by atoms with Gasteiger partial charge < -0.3 is 35.7 Å².